The van der Waals surface area contributed by atoms with Crippen LogP contribution in [-0.2, 0) is 16.1 Å². The van der Waals surface area contributed by atoms with Crippen molar-refractivity contribution in [2.24, 2.45) is 0 Å². The number of hydrogen-bond acceptors (Lipinski definition) is 5. The number of rotatable bonds is 6. The number of nitrogens with zero attached hydrogens (tertiary/aromatic N) is 1. The zero-order valence-electron chi connectivity index (χ0n) is 12.2. The van der Waals surface area contributed by atoms with Gasteiger partial charge in [0.05, 0.1) is 12.5 Å². The SMILES string of the molecule is COCc1nc(C(=O)Nc2cccc(C(C)C(=O)O)c2)cs1. The van der Waals surface area contributed by atoms with E-state index in [0.29, 0.717) is 23.6 Å². The maximum atomic E-state index is 12.1. The van der Waals surface area contributed by atoms with Crippen molar-refractivity contribution in [2.45, 2.75) is 19.4 Å². The summed E-state index contributed by atoms with van der Waals surface area (Å²) in [6.07, 6.45) is 0. The molecule has 7 heteroatoms. The summed E-state index contributed by atoms with van der Waals surface area (Å²) in [4.78, 5) is 27.3. The number of aliphatic carboxylic acids is 1. The molecule has 0 fully saturated rings. The van der Waals surface area contributed by atoms with Gasteiger partial charge in [0.1, 0.15) is 10.7 Å². The van der Waals surface area contributed by atoms with Crippen LogP contribution in [0, 0.1) is 0 Å². The van der Waals surface area contributed by atoms with Crippen LogP contribution in [0.2, 0.25) is 0 Å². The Labute approximate surface area is 131 Å². The van der Waals surface area contributed by atoms with E-state index in [4.69, 9.17) is 9.84 Å². The van der Waals surface area contributed by atoms with Gasteiger partial charge in [0.2, 0.25) is 0 Å². The van der Waals surface area contributed by atoms with Gasteiger partial charge in [-0.05, 0) is 24.6 Å². The van der Waals surface area contributed by atoms with Gasteiger partial charge in [0.25, 0.3) is 5.91 Å². The van der Waals surface area contributed by atoms with E-state index in [0.717, 1.165) is 5.01 Å². The predicted octanol–water partition coefficient (Wildman–Crippen LogP) is 2.73. The summed E-state index contributed by atoms with van der Waals surface area (Å²) < 4.78 is 4.96. The first-order valence-electron chi connectivity index (χ1n) is 6.58. The van der Waals surface area contributed by atoms with Crippen molar-refractivity contribution in [1.29, 1.82) is 0 Å². The number of anilines is 1. The third kappa shape index (κ3) is 3.90. The summed E-state index contributed by atoms with van der Waals surface area (Å²) in [6, 6.07) is 6.79. The summed E-state index contributed by atoms with van der Waals surface area (Å²) >= 11 is 1.35. The van der Waals surface area contributed by atoms with Gasteiger partial charge >= 0.3 is 5.97 Å². The highest BCUT2D eigenvalue weighted by molar-refractivity contribution is 7.09. The Hall–Kier alpha value is -2.25. The molecule has 2 N–H and O–H groups in total. The number of hydrogen-bond donors (Lipinski definition) is 2. The lowest BCUT2D eigenvalue weighted by molar-refractivity contribution is -0.138. The van der Waals surface area contributed by atoms with Crippen molar-refractivity contribution < 1.29 is 19.4 Å². The summed E-state index contributed by atoms with van der Waals surface area (Å²) in [6.45, 7) is 1.96. The normalized spacial score (nSPS) is 11.9. The van der Waals surface area contributed by atoms with E-state index < -0.39 is 11.9 Å². The van der Waals surface area contributed by atoms with E-state index in [9.17, 15) is 9.59 Å². The number of carbonyl (C=O) groups is 2. The number of benzene rings is 1. The van der Waals surface area contributed by atoms with Gasteiger partial charge in [-0.15, -0.1) is 11.3 Å². The molecule has 0 saturated carbocycles. The van der Waals surface area contributed by atoms with E-state index in [1.807, 2.05) is 0 Å². The highest BCUT2D eigenvalue weighted by atomic mass is 32.1. The van der Waals surface area contributed by atoms with Gasteiger partial charge in [-0.3, -0.25) is 9.59 Å². The standard InChI is InChI=1S/C15H16N2O4S/c1-9(15(19)20)10-4-3-5-11(6-10)16-14(18)12-8-22-13(17-12)7-21-2/h3-6,8-9H,7H2,1-2H3,(H,16,18)(H,19,20). The van der Waals surface area contributed by atoms with Crippen molar-refractivity contribution in [2.75, 3.05) is 12.4 Å². The first kappa shape index (κ1) is 16.1. The summed E-state index contributed by atoms with van der Waals surface area (Å²) in [5, 5.41) is 14.1. The van der Waals surface area contributed by atoms with Crippen molar-refractivity contribution in [1.82, 2.24) is 4.98 Å². The van der Waals surface area contributed by atoms with E-state index in [1.165, 1.54) is 11.3 Å². The molecule has 2 rings (SSSR count). The molecule has 22 heavy (non-hydrogen) atoms. The number of carboxylic acid groups (broad SMARTS) is 1. The summed E-state index contributed by atoms with van der Waals surface area (Å²) in [5.74, 6) is -1.88. The van der Waals surface area contributed by atoms with E-state index in [2.05, 4.69) is 10.3 Å². The number of ether oxygens (including phenoxy) is 1. The lowest BCUT2D eigenvalue weighted by Gasteiger charge is -2.09. The van der Waals surface area contributed by atoms with Crippen LogP contribution in [-0.4, -0.2) is 29.1 Å². The zero-order chi connectivity index (χ0) is 16.1. The molecule has 0 bridgehead atoms. The highest BCUT2D eigenvalue weighted by Crippen LogP contribution is 2.20. The van der Waals surface area contributed by atoms with Crippen LogP contribution in [0.5, 0.6) is 0 Å². The van der Waals surface area contributed by atoms with Crippen LogP contribution in [0.4, 0.5) is 5.69 Å². The summed E-state index contributed by atoms with van der Waals surface area (Å²) in [7, 11) is 1.57. The van der Waals surface area contributed by atoms with Gasteiger partial charge < -0.3 is 15.2 Å². The molecule has 1 aromatic heterocycles. The molecule has 116 valence electrons. The number of thiazole rings is 1. The molecule has 0 radical (unpaired) electrons. The molecule has 1 heterocycles. The zero-order valence-corrected chi connectivity index (χ0v) is 13.0. The minimum Gasteiger partial charge on any atom is -0.481 e. The molecule has 1 amide bonds. The minimum absolute atomic E-state index is 0.314. The molecule has 6 nitrogen and oxygen atoms in total. The van der Waals surface area contributed by atoms with Crippen LogP contribution in [0.25, 0.3) is 0 Å². The van der Waals surface area contributed by atoms with Crippen molar-refractivity contribution in [3.05, 3.63) is 45.9 Å². The second kappa shape index (κ2) is 7.15. The number of amides is 1. The van der Waals surface area contributed by atoms with Crippen molar-refractivity contribution in [3.63, 3.8) is 0 Å². The fraction of sp³-hybridized carbons (Fsp3) is 0.267. The lowest BCUT2D eigenvalue weighted by Crippen LogP contribution is -2.13. The van der Waals surface area contributed by atoms with Crippen LogP contribution in [0.15, 0.2) is 29.6 Å². The maximum absolute atomic E-state index is 12.1. The van der Waals surface area contributed by atoms with Crippen molar-refractivity contribution >= 4 is 28.9 Å². The third-order valence-corrected chi connectivity index (χ3v) is 3.89. The lowest BCUT2D eigenvalue weighted by atomic mass is 10.0. The Kier molecular flexibility index (Phi) is 5.24. The summed E-state index contributed by atoms with van der Waals surface area (Å²) in [5.41, 5.74) is 1.48. The maximum Gasteiger partial charge on any atom is 0.310 e. The van der Waals surface area contributed by atoms with E-state index in [1.54, 1.807) is 43.7 Å². The first-order chi connectivity index (χ1) is 10.5. The largest absolute Gasteiger partial charge is 0.481 e. The van der Waals surface area contributed by atoms with Crippen molar-refractivity contribution in [3.8, 4) is 0 Å². The Bertz CT molecular complexity index is 684. The third-order valence-electron chi connectivity index (χ3n) is 3.07. The smallest absolute Gasteiger partial charge is 0.310 e. The highest BCUT2D eigenvalue weighted by Gasteiger charge is 2.15. The van der Waals surface area contributed by atoms with E-state index >= 15 is 0 Å². The molecule has 1 atom stereocenters. The Morgan fingerprint density at radius 1 is 1.45 bits per heavy atom. The monoisotopic (exact) mass is 320 g/mol. The molecule has 0 spiro atoms. The number of methoxy groups -OCH3 is 1. The number of nitrogens with one attached hydrogen (secondary N) is 1. The Morgan fingerprint density at radius 2 is 2.23 bits per heavy atom. The fourth-order valence-electron chi connectivity index (χ4n) is 1.83. The van der Waals surface area contributed by atoms with Crippen LogP contribution >= 0.6 is 11.3 Å². The van der Waals surface area contributed by atoms with Crippen LogP contribution in [0.3, 0.4) is 0 Å². The molecular weight excluding hydrogens is 304 g/mol. The molecule has 0 aliphatic carbocycles. The van der Waals surface area contributed by atoms with E-state index in [-0.39, 0.29) is 5.91 Å². The first-order valence-corrected chi connectivity index (χ1v) is 7.46. The number of carbonyl (C=O) groups excluding carboxylic acids is 1. The molecule has 0 aliphatic rings. The predicted molar refractivity (Wildman–Crippen MR) is 83.3 cm³/mol. The number of carboxylic acids is 1. The van der Waals surface area contributed by atoms with Gasteiger partial charge in [-0.2, -0.15) is 0 Å². The Balaban J connectivity index is 2.11. The second-order valence-electron chi connectivity index (χ2n) is 4.70. The topological polar surface area (TPSA) is 88.5 Å². The average molecular weight is 320 g/mol. The quantitative estimate of drug-likeness (QED) is 0.854. The average Bonchev–Trinajstić information content (AvgIpc) is 2.96. The second-order valence-corrected chi connectivity index (χ2v) is 5.64. The van der Waals surface area contributed by atoms with Crippen LogP contribution in [0.1, 0.15) is 33.9 Å². The van der Waals surface area contributed by atoms with Crippen LogP contribution < -0.4 is 5.32 Å². The molecule has 0 saturated heterocycles. The Morgan fingerprint density at radius 3 is 2.91 bits per heavy atom. The molecule has 1 unspecified atom stereocenters. The van der Waals surface area contributed by atoms with Gasteiger partial charge in [-0.25, -0.2) is 4.98 Å². The van der Waals surface area contributed by atoms with Gasteiger partial charge in [0, 0.05) is 18.2 Å². The van der Waals surface area contributed by atoms with Gasteiger partial charge in [-0.1, -0.05) is 12.1 Å². The molecule has 1 aromatic carbocycles. The minimum atomic E-state index is -0.910. The fourth-order valence-corrected chi connectivity index (χ4v) is 2.57. The van der Waals surface area contributed by atoms with Gasteiger partial charge in [0.15, 0.2) is 0 Å². The number of aromatic nitrogens is 1. The molecule has 0 aliphatic heterocycles. The molecular formula is C15H16N2O4S. The molecule has 2 aromatic rings.